The molecule has 0 saturated heterocycles. The van der Waals surface area contributed by atoms with Crippen molar-refractivity contribution in [3.05, 3.63) is 24.3 Å². The van der Waals surface area contributed by atoms with Crippen molar-refractivity contribution < 1.29 is 8.42 Å². The van der Waals surface area contributed by atoms with Gasteiger partial charge in [0.1, 0.15) is 5.82 Å². The summed E-state index contributed by atoms with van der Waals surface area (Å²) in [5, 5.41) is 0.898. The number of nitrogen functional groups attached to an aromatic ring is 1. The Morgan fingerprint density at radius 2 is 1.94 bits per heavy atom. The van der Waals surface area contributed by atoms with Crippen LogP contribution < -0.4 is 5.73 Å². The number of fused-ring (bicyclic) bond motifs is 1. The molecule has 0 radical (unpaired) electrons. The average molecular weight is 239 g/mol. The molecule has 0 unspecified atom stereocenters. The lowest BCUT2D eigenvalue weighted by molar-refractivity contribution is 0.521. The number of nitrogens with one attached hydrogen (secondary N) is 1. The van der Waals surface area contributed by atoms with Crippen LogP contribution in [-0.2, 0) is 10.0 Å². The fourth-order valence-corrected chi connectivity index (χ4v) is 2.43. The van der Waals surface area contributed by atoms with Crippen LogP contribution in [0.2, 0.25) is 0 Å². The van der Waals surface area contributed by atoms with Gasteiger partial charge in [0, 0.05) is 25.0 Å². The lowest BCUT2D eigenvalue weighted by atomic mass is 10.2. The summed E-state index contributed by atoms with van der Waals surface area (Å²) in [6.07, 6.45) is 0. The van der Waals surface area contributed by atoms with E-state index in [0.717, 1.165) is 10.9 Å². The molecule has 0 atom stereocenters. The highest BCUT2D eigenvalue weighted by molar-refractivity contribution is 7.89. The highest BCUT2D eigenvalue weighted by Gasteiger charge is 2.17. The van der Waals surface area contributed by atoms with Gasteiger partial charge in [-0.2, -0.15) is 0 Å². The quantitative estimate of drug-likeness (QED) is 0.820. The second-order valence-electron chi connectivity index (χ2n) is 3.76. The van der Waals surface area contributed by atoms with E-state index in [1.54, 1.807) is 24.3 Å². The number of nitrogens with zero attached hydrogens (tertiary/aromatic N) is 1. The first kappa shape index (κ1) is 11.0. The van der Waals surface area contributed by atoms with Crippen LogP contribution in [0, 0.1) is 0 Å². The molecule has 1 aromatic carbocycles. The van der Waals surface area contributed by atoms with Crippen molar-refractivity contribution in [3.63, 3.8) is 0 Å². The van der Waals surface area contributed by atoms with E-state index < -0.39 is 10.0 Å². The van der Waals surface area contributed by atoms with Crippen LogP contribution in [0.3, 0.4) is 0 Å². The summed E-state index contributed by atoms with van der Waals surface area (Å²) in [5.74, 6) is 0.523. The zero-order chi connectivity index (χ0) is 11.9. The Bertz CT molecular complexity index is 629. The van der Waals surface area contributed by atoms with Crippen molar-refractivity contribution >= 4 is 26.7 Å². The summed E-state index contributed by atoms with van der Waals surface area (Å²) in [5.41, 5.74) is 6.32. The predicted molar refractivity (Wildman–Crippen MR) is 63.6 cm³/mol. The topological polar surface area (TPSA) is 79.2 Å². The molecule has 0 fully saturated rings. The molecule has 0 amide bonds. The van der Waals surface area contributed by atoms with Crippen molar-refractivity contribution in [1.82, 2.24) is 9.29 Å². The maximum atomic E-state index is 11.9. The molecule has 1 heterocycles. The van der Waals surface area contributed by atoms with E-state index in [4.69, 9.17) is 5.73 Å². The molecule has 2 rings (SSSR count). The molecule has 0 aliphatic rings. The van der Waals surface area contributed by atoms with E-state index >= 15 is 0 Å². The molecular formula is C10H13N3O2S. The normalized spacial score (nSPS) is 12.4. The van der Waals surface area contributed by atoms with E-state index in [9.17, 15) is 8.42 Å². The number of aromatic nitrogens is 1. The average Bonchev–Trinajstić information content (AvgIpc) is 2.56. The van der Waals surface area contributed by atoms with Crippen molar-refractivity contribution in [2.45, 2.75) is 4.90 Å². The number of benzene rings is 1. The zero-order valence-electron chi connectivity index (χ0n) is 9.06. The van der Waals surface area contributed by atoms with Gasteiger partial charge in [-0.15, -0.1) is 0 Å². The summed E-state index contributed by atoms with van der Waals surface area (Å²) < 4.78 is 24.9. The zero-order valence-corrected chi connectivity index (χ0v) is 9.88. The third-order valence-corrected chi connectivity index (χ3v) is 4.20. The number of hydrogen-bond acceptors (Lipinski definition) is 3. The van der Waals surface area contributed by atoms with E-state index in [0.29, 0.717) is 5.82 Å². The van der Waals surface area contributed by atoms with Gasteiger partial charge in [0.15, 0.2) is 0 Å². The molecule has 0 aliphatic carbocycles. The van der Waals surface area contributed by atoms with Crippen LogP contribution in [0.5, 0.6) is 0 Å². The Balaban J connectivity index is 2.63. The third kappa shape index (κ3) is 1.66. The van der Waals surface area contributed by atoms with E-state index in [1.165, 1.54) is 18.4 Å². The Labute approximate surface area is 93.9 Å². The number of nitrogens with two attached hydrogens (primary N) is 1. The fourth-order valence-electron chi connectivity index (χ4n) is 1.50. The highest BCUT2D eigenvalue weighted by atomic mass is 32.2. The first-order valence-corrected chi connectivity index (χ1v) is 6.16. The molecule has 5 nitrogen and oxygen atoms in total. The van der Waals surface area contributed by atoms with Crippen LogP contribution in [0.15, 0.2) is 29.2 Å². The number of rotatable bonds is 2. The van der Waals surface area contributed by atoms with Gasteiger partial charge in [0.05, 0.1) is 4.90 Å². The van der Waals surface area contributed by atoms with Gasteiger partial charge in [-0.1, -0.05) is 6.07 Å². The second kappa shape index (κ2) is 3.50. The lowest BCUT2D eigenvalue weighted by Gasteiger charge is -2.10. The van der Waals surface area contributed by atoms with Gasteiger partial charge in [0.25, 0.3) is 0 Å². The fraction of sp³-hybridized carbons (Fsp3) is 0.200. The SMILES string of the molecule is CN(C)S(=O)(=O)c1ccc2cc(N)[nH]c2c1. The predicted octanol–water partition coefficient (Wildman–Crippen LogP) is 1.00. The molecule has 3 N–H and O–H groups in total. The van der Waals surface area contributed by atoms with Crippen LogP contribution in [-0.4, -0.2) is 31.8 Å². The number of hydrogen-bond donors (Lipinski definition) is 2. The largest absolute Gasteiger partial charge is 0.385 e. The van der Waals surface area contributed by atoms with Gasteiger partial charge < -0.3 is 10.7 Å². The molecule has 2 aromatic rings. The van der Waals surface area contributed by atoms with Crippen LogP contribution in [0.25, 0.3) is 10.9 Å². The van der Waals surface area contributed by atoms with E-state index in [1.807, 2.05) is 0 Å². The minimum Gasteiger partial charge on any atom is -0.385 e. The molecule has 0 aliphatic heterocycles. The number of aromatic amines is 1. The summed E-state index contributed by atoms with van der Waals surface area (Å²) in [7, 11) is -0.381. The van der Waals surface area contributed by atoms with Crippen LogP contribution in [0.4, 0.5) is 5.82 Å². The molecular weight excluding hydrogens is 226 g/mol. The minimum atomic E-state index is -3.39. The minimum absolute atomic E-state index is 0.256. The van der Waals surface area contributed by atoms with Crippen molar-refractivity contribution in [2.75, 3.05) is 19.8 Å². The van der Waals surface area contributed by atoms with Crippen LogP contribution in [0.1, 0.15) is 0 Å². The first-order valence-electron chi connectivity index (χ1n) is 4.72. The van der Waals surface area contributed by atoms with Crippen molar-refractivity contribution in [3.8, 4) is 0 Å². The van der Waals surface area contributed by atoms with Crippen molar-refractivity contribution in [1.29, 1.82) is 0 Å². The summed E-state index contributed by atoms with van der Waals surface area (Å²) in [4.78, 5) is 3.16. The molecule has 6 heteroatoms. The number of H-pyrrole nitrogens is 1. The third-order valence-electron chi connectivity index (χ3n) is 2.39. The molecule has 86 valence electrons. The van der Waals surface area contributed by atoms with Gasteiger partial charge in [-0.3, -0.25) is 0 Å². The molecule has 0 bridgehead atoms. The smallest absolute Gasteiger partial charge is 0.242 e. The van der Waals surface area contributed by atoms with Gasteiger partial charge in [-0.05, 0) is 18.2 Å². The van der Waals surface area contributed by atoms with Crippen LogP contribution >= 0.6 is 0 Å². The second-order valence-corrected chi connectivity index (χ2v) is 5.91. The summed E-state index contributed by atoms with van der Waals surface area (Å²) in [6.45, 7) is 0. The number of sulfonamides is 1. The standard InChI is InChI=1S/C10H13N3O2S/c1-13(2)16(14,15)8-4-3-7-5-10(11)12-9(7)6-8/h3-6,12H,11H2,1-2H3. The summed E-state index contributed by atoms with van der Waals surface area (Å²) >= 11 is 0. The van der Waals surface area contributed by atoms with Gasteiger partial charge in [0.2, 0.25) is 10.0 Å². The number of anilines is 1. The molecule has 16 heavy (non-hydrogen) atoms. The maximum Gasteiger partial charge on any atom is 0.242 e. The Hall–Kier alpha value is -1.53. The lowest BCUT2D eigenvalue weighted by Crippen LogP contribution is -2.22. The first-order chi connectivity index (χ1) is 7.41. The highest BCUT2D eigenvalue weighted by Crippen LogP contribution is 2.21. The Morgan fingerprint density at radius 1 is 1.25 bits per heavy atom. The summed E-state index contributed by atoms with van der Waals surface area (Å²) in [6, 6.07) is 6.66. The van der Waals surface area contributed by atoms with E-state index in [2.05, 4.69) is 4.98 Å². The monoisotopic (exact) mass is 239 g/mol. The van der Waals surface area contributed by atoms with E-state index in [-0.39, 0.29) is 4.90 Å². The Kier molecular flexibility index (Phi) is 2.40. The molecule has 0 spiro atoms. The maximum absolute atomic E-state index is 11.9. The van der Waals surface area contributed by atoms with Gasteiger partial charge >= 0.3 is 0 Å². The Morgan fingerprint density at radius 3 is 2.56 bits per heavy atom. The van der Waals surface area contributed by atoms with Crippen molar-refractivity contribution in [2.24, 2.45) is 0 Å². The molecule has 0 saturated carbocycles. The van der Waals surface area contributed by atoms with Gasteiger partial charge in [-0.25, -0.2) is 12.7 Å². The molecule has 1 aromatic heterocycles.